The van der Waals surface area contributed by atoms with Crippen LogP contribution in [0.3, 0.4) is 0 Å². The lowest BCUT2D eigenvalue weighted by molar-refractivity contribution is -0.0510. The molecule has 4 aromatic rings. The second-order valence-electron chi connectivity index (χ2n) is 10.8. The van der Waals surface area contributed by atoms with E-state index >= 15 is 0 Å². The molecule has 10 atom stereocenters. The molecule has 2 saturated heterocycles. The summed E-state index contributed by atoms with van der Waals surface area (Å²) in [5.41, 5.74) is 8.90. The second-order valence-corrected chi connectivity index (χ2v) is 15.4. The number of imidazole rings is 2. The number of aromatic amines is 2. The summed E-state index contributed by atoms with van der Waals surface area (Å²) in [6.07, 6.45) is -11.3. The summed E-state index contributed by atoms with van der Waals surface area (Å²) in [6, 6.07) is 0. The van der Waals surface area contributed by atoms with Crippen LogP contribution < -0.4 is 28.7 Å². The predicted octanol–water partition coefficient (Wildman–Crippen LogP) is -3.60. The van der Waals surface area contributed by atoms with E-state index in [2.05, 4.69) is 47.6 Å². The van der Waals surface area contributed by atoms with Crippen molar-refractivity contribution in [3.8, 4) is 0 Å². The van der Waals surface area contributed by atoms with Crippen LogP contribution in [0.1, 0.15) is 12.5 Å². The maximum Gasteiger partial charge on any atom is 0.490 e. The Morgan fingerprint density at radius 2 is 1.06 bits per heavy atom. The number of H-pyrrole nitrogens is 2. The predicted molar refractivity (Wildman–Crippen MR) is 167 cm³/mol. The lowest BCUT2D eigenvalue weighted by Gasteiger charge is -2.21. The Morgan fingerprint density at radius 1 is 0.692 bits per heavy atom. The average molecular weight is 806 g/mol. The molecule has 0 aliphatic carbocycles. The minimum Gasteiger partial charge on any atom is -0.387 e. The van der Waals surface area contributed by atoms with E-state index in [9.17, 15) is 58.4 Å². The number of aliphatic hydroxyl groups excluding tert-OH is 4. The molecule has 2 fully saturated rings. The monoisotopic (exact) mass is 806 g/mol. The largest absolute Gasteiger partial charge is 0.490 e. The summed E-state index contributed by atoms with van der Waals surface area (Å²) in [5.74, 6) is -0.622. The number of phosphoric ester groups is 2. The van der Waals surface area contributed by atoms with Gasteiger partial charge in [-0.25, -0.2) is 23.7 Å². The number of hydrogen-bond donors (Lipinski definition) is 12. The molecule has 52 heavy (non-hydrogen) atoms. The zero-order chi connectivity index (χ0) is 37.2. The van der Waals surface area contributed by atoms with Crippen LogP contribution in [0.5, 0.6) is 0 Å². The minimum absolute atomic E-state index is 0. The van der Waals surface area contributed by atoms with E-state index in [1.807, 2.05) is 0 Å². The van der Waals surface area contributed by atoms with Gasteiger partial charge in [-0.2, -0.15) is 18.6 Å². The van der Waals surface area contributed by atoms with Crippen LogP contribution in [0.2, 0.25) is 0 Å². The number of nitrogen functional groups attached to an aromatic ring is 2. The first-order valence-corrected chi connectivity index (χ1v) is 18.4. The summed E-state index contributed by atoms with van der Waals surface area (Å²) < 4.78 is 67.4. The Bertz CT molecular complexity index is 2080. The number of hydrogen-bond acceptors (Lipinski definition) is 21. The molecule has 288 valence electrons. The van der Waals surface area contributed by atoms with Gasteiger partial charge in [0.1, 0.15) is 36.6 Å². The third-order valence-electron chi connectivity index (χ3n) is 7.34. The Hall–Kier alpha value is -3.57. The molecule has 0 spiro atoms. The van der Waals surface area contributed by atoms with Crippen LogP contribution in [0.15, 0.2) is 22.2 Å². The lowest BCUT2D eigenvalue weighted by Crippen LogP contribution is -2.33. The highest BCUT2D eigenvalue weighted by atomic mass is 31.3. The fraction of sp³-hybridized carbons (Fsp3) is 0.500. The highest BCUT2D eigenvalue weighted by Gasteiger charge is 2.49. The van der Waals surface area contributed by atoms with Crippen LogP contribution in [-0.2, 0) is 40.8 Å². The summed E-state index contributed by atoms with van der Waals surface area (Å²) in [7, 11) is -17.4. The van der Waals surface area contributed by atoms with Crippen LogP contribution in [-0.4, -0.2) is 124 Å². The number of aliphatic hydroxyl groups is 4. The number of quaternary nitrogens is 1. The number of nitrogens with one attached hydrogen (secondary N) is 2. The van der Waals surface area contributed by atoms with Gasteiger partial charge in [0.2, 0.25) is 11.9 Å². The van der Waals surface area contributed by atoms with Gasteiger partial charge < -0.3 is 62.2 Å². The zero-order valence-electron chi connectivity index (χ0n) is 26.0. The van der Waals surface area contributed by atoms with Crippen LogP contribution >= 0.6 is 23.5 Å². The normalized spacial score (nSPS) is 29.8. The van der Waals surface area contributed by atoms with Crippen molar-refractivity contribution < 1.29 is 75.9 Å². The van der Waals surface area contributed by atoms with E-state index in [-0.39, 0.29) is 40.4 Å². The van der Waals surface area contributed by atoms with E-state index in [4.69, 9.17) is 20.9 Å². The van der Waals surface area contributed by atoms with E-state index in [1.165, 1.54) is 0 Å². The molecule has 0 radical (unpaired) electrons. The van der Waals surface area contributed by atoms with Gasteiger partial charge in [0.25, 0.3) is 11.1 Å². The molecular formula is C20H31N11O18P3+. The number of rotatable bonds is 12. The number of aromatic nitrogens is 8. The van der Waals surface area contributed by atoms with E-state index in [0.29, 0.717) is 0 Å². The van der Waals surface area contributed by atoms with Crippen molar-refractivity contribution in [3.63, 3.8) is 0 Å². The lowest BCUT2D eigenvalue weighted by atomic mass is 10.1. The SMILES string of the molecule is Nc1nc2c(ncn2C2OC(COP(=O)(O)OP(=O)(O)OP(=O)(O)OCC3OC(n4cnc5c(=O)[nH]c(N)nc54)C(O)C3O)C(O)C2O)c(=O)[nH]1.[NH4+]. The van der Waals surface area contributed by atoms with E-state index in [1.54, 1.807) is 0 Å². The molecule has 6 rings (SSSR count). The Balaban J connectivity index is 0.00000523. The van der Waals surface area contributed by atoms with Crippen molar-refractivity contribution in [1.82, 2.24) is 45.2 Å². The molecule has 2 aliphatic rings. The van der Waals surface area contributed by atoms with Crippen molar-refractivity contribution in [2.75, 3.05) is 24.7 Å². The minimum atomic E-state index is -6.00. The second kappa shape index (κ2) is 14.3. The molecule has 0 aromatic carbocycles. The first-order valence-electron chi connectivity index (χ1n) is 13.9. The van der Waals surface area contributed by atoms with Gasteiger partial charge >= 0.3 is 23.5 Å². The first-order chi connectivity index (χ1) is 23.8. The van der Waals surface area contributed by atoms with E-state index in [0.717, 1.165) is 21.8 Å². The van der Waals surface area contributed by atoms with Crippen LogP contribution in [0.25, 0.3) is 22.3 Å². The molecule has 17 N–H and O–H groups in total. The molecule has 4 aromatic heterocycles. The van der Waals surface area contributed by atoms with Crippen molar-refractivity contribution in [3.05, 3.63) is 33.4 Å². The third-order valence-corrected chi connectivity index (χ3v) is 11.6. The van der Waals surface area contributed by atoms with Gasteiger partial charge in [-0.15, -0.1) is 0 Å². The standard InChI is InChI=1S/C20H27N10O18P3.H3N/c21-19-25-13-7(15(35)27-19)23-3-29(13)17-11(33)9(31)5(45-17)1-43-49(37,38)47-51(41,42)48-50(39,40)44-2-6-10(32)12(34)18(46-6)30-4-24-8-14(30)26-20(22)28-16(8)36;/h3-6,9-12,17-18,31-34H,1-2H2,(H,37,38)(H,39,40)(H,41,42)(H3,21,25,27,35)(H3,22,26,28,36);1H3/p+1. The first kappa shape index (κ1) is 39.6. The number of nitrogens with two attached hydrogens (primary N) is 2. The number of fused-ring (bicyclic) bond motifs is 2. The van der Waals surface area contributed by atoms with Gasteiger partial charge in [0.15, 0.2) is 34.8 Å². The fourth-order valence-electron chi connectivity index (χ4n) is 5.11. The molecule has 0 amide bonds. The third kappa shape index (κ3) is 7.86. The van der Waals surface area contributed by atoms with Crippen molar-refractivity contribution >= 4 is 57.7 Å². The number of ether oxygens (including phenoxy) is 2. The Morgan fingerprint density at radius 3 is 1.42 bits per heavy atom. The van der Waals surface area contributed by atoms with Gasteiger partial charge in [-0.3, -0.25) is 37.7 Å². The number of nitrogens with zero attached hydrogens (tertiary/aromatic N) is 6. The molecule has 0 saturated carbocycles. The van der Waals surface area contributed by atoms with E-state index < -0.39 is 96.9 Å². The molecule has 10 unspecified atom stereocenters. The zero-order valence-corrected chi connectivity index (χ0v) is 28.7. The van der Waals surface area contributed by atoms with Crippen molar-refractivity contribution in [1.29, 1.82) is 0 Å². The van der Waals surface area contributed by atoms with Gasteiger partial charge in [-0.1, -0.05) is 0 Å². The summed E-state index contributed by atoms with van der Waals surface area (Å²) in [5, 5.41) is 41.8. The fourth-order valence-corrected chi connectivity index (χ4v) is 8.63. The smallest absolute Gasteiger partial charge is 0.387 e. The molecule has 0 bridgehead atoms. The van der Waals surface area contributed by atoms with Crippen LogP contribution in [0, 0.1) is 0 Å². The summed E-state index contributed by atoms with van der Waals surface area (Å²) >= 11 is 0. The average Bonchev–Trinajstić information content (AvgIpc) is 3.76. The Kier molecular flexibility index (Phi) is 10.9. The summed E-state index contributed by atoms with van der Waals surface area (Å²) in [4.78, 5) is 73.8. The molecule has 6 heterocycles. The maximum atomic E-state index is 12.4. The van der Waals surface area contributed by atoms with Crippen molar-refractivity contribution in [2.24, 2.45) is 0 Å². The van der Waals surface area contributed by atoms with Gasteiger partial charge in [-0.05, 0) is 0 Å². The number of anilines is 2. The number of phosphoric acid groups is 3. The quantitative estimate of drug-likeness (QED) is 0.0615. The van der Waals surface area contributed by atoms with Crippen molar-refractivity contribution in [2.45, 2.75) is 49.1 Å². The molecule has 29 nitrogen and oxygen atoms in total. The molecule has 2 aliphatic heterocycles. The van der Waals surface area contributed by atoms with Gasteiger partial charge in [0, 0.05) is 0 Å². The van der Waals surface area contributed by atoms with Gasteiger partial charge in [0.05, 0.1) is 25.9 Å². The maximum absolute atomic E-state index is 12.4. The highest BCUT2D eigenvalue weighted by molar-refractivity contribution is 7.66. The van der Waals surface area contributed by atoms with Crippen LogP contribution in [0.4, 0.5) is 11.9 Å². The topological polar surface area (TPSA) is 464 Å². The molecular weight excluding hydrogens is 775 g/mol. The summed E-state index contributed by atoms with van der Waals surface area (Å²) in [6.45, 7) is -2.19. The Labute approximate surface area is 286 Å². The molecule has 32 heteroatoms. The highest BCUT2D eigenvalue weighted by Crippen LogP contribution is 2.67.